The Morgan fingerprint density at radius 2 is 2.30 bits per heavy atom. The first-order chi connectivity index (χ1) is 9.71. The van der Waals surface area contributed by atoms with Crippen molar-refractivity contribution in [1.82, 2.24) is 15.1 Å². The molecule has 0 saturated carbocycles. The molecule has 0 aliphatic carbocycles. The first kappa shape index (κ1) is 12.7. The number of carbonyl (C=O) groups is 1. The summed E-state index contributed by atoms with van der Waals surface area (Å²) in [6.45, 7) is 2.81. The first-order valence-electron chi connectivity index (χ1n) is 6.53. The maximum absolute atomic E-state index is 11.7. The van der Waals surface area contributed by atoms with Crippen LogP contribution in [0.5, 0.6) is 11.5 Å². The second-order valence-corrected chi connectivity index (χ2v) is 4.59. The zero-order valence-corrected chi connectivity index (χ0v) is 11.4. The number of aryl methyl sites for hydroxylation is 1. The van der Waals surface area contributed by atoms with E-state index in [1.54, 1.807) is 17.9 Å². The van der Waals surface area contributed by atoms with E-state index in [2.05, 4.69) is 15.7 Å². The minimum Gasteiger partial charge on any atom is -0.454 e. The second-order valence-electron chi connectivity index (χ2n) is 4.59. The lowest BCUT2D eigenvalue weighted by Gasteiger charge is -2.07. The number of amides is 1. The minimum absolute atomic E-state index is 0.0431. The lowest BCUT2D eigenvalue weighted by molar-refractivity contribution is -0.117. The van der Waals surface area contributed by atoms with Gasteiger partial charge in [-0.2, -0.15) is 5.10 Å². The molecule has 1 aromatic heterocycles. The van der Waals surface area contributed by atoms with Crippen molar-refractivity contribution in [2.45, 2.75) is 19.5 Å². The van der Waals surface area contributed by atoms with E-state index in [0.717, 1.165) is 17.8 Å². The fourth-order valence-corrected chi connectivity index (χ4v) is 2.30. The lowest BCUT2D eigenvalue weighted by Crippen LogP contribution is -2.23. The number of likely N-dealkylation sites (N-methyl/N-ethyl adjacent to an activating group) is 1. The van der Waals surface area contributed by atoms with Crippen molar-refractivity contribution in [2.75, 3.05) is 12.4 Å². The molecule has 1 unspecified atom stereocenters. The van der Waals surface area contributed by atoms with Crippen LogP contribution in [0.1, 0.15) is 18.5 Å². The third kappa shape index (κ3) is 2.14. The van der Waals surface area contributed by atoms with Crippen LogP contribution in [-0.2, 0) is 11.3 Å². The highest BCUT2D eigenvalue weighted by Crippen LogP contribution is 2.34. The van der Waals surface area contributed by atoms with Gasteiger partial charge >= 0.3 is 0 Å². The highest BCUT2D eigenvalue weighted by Gasteiger charge is 2.29. The molecule has 2 aromatic rings. The van der Waals surface area contributed by atoms with E-state index in [4.69, 9.17) is 4.74 Å². The molecule has 1 aromatic carbocycles. The van der Waals surface area contributed by atoms with Gasteiger partial charge in [0.25, 0.3) is 0 Å². The Labute approximate surface area is 116 Å². The summed E-state index contributed by atoms with van der Waals surface area (Å²) in [6, 6.07) is 5.29. The van der Waals surface area contributed by atoms with E-state index in [1.807, 2.05) is 31.3 Å². The maximum Gasteiger partial charge on any atom is 0.246 e. The summed E-state index contributed by atoms with van der Waals surface area (Å²) in [6.07, 6.45) is 3.51. The van der Waals surface area contributed by atoms with Crippen molar-refractivity contribution in [3.8, 4) is 11.5 Å². The number of rotatable bonds is 4. The highest BCUT2D eigenvalue weighted by atomic mass is 16.5. The molecule has 104 valence electrons. The van der Waals surface area contributed by atoms with Crippen LogP contribution in [-0.4, -0.2) is 22.7 Å². The van der Waals surface area contributed by atoms with Crippen molar-refractivity contribution >= 4 is 11.6 Å². The SMILES string of the molecule is CCn1cc(Oc2ccc3c(c2)NC(=O)C3NC)cn1. The average molecular weight is 272 g/mol. The lowest BCUT2D eigenvalue weighted by atomic mass is 10.1. The molecule has 1 aliphatic heterocycles. The number of aromatic nitrogens is 2. The van der Waals surface area contributed by atoms with Gasteiger partial charge in [-0.15, -0.1) is 0 Å². The predicted octanol–water partition coefficient (Wildman–Crippen LogP) is 1.91. The number of nitrogens with one attached hydrogen (secondary N) is 2. The number of ether oxygens (including phenoxy) is 1. The van der Waals surface area contributed by atoms with Crippen LogP contribution in [0.3, 0.4) is 0 Å². The summed E-state index contributed by atoms with van der Waals surface area (Å²) in [4.78, 5) is 11.7. The molecular formula is C14H16N4O2. The zero-order valence-electron chi connectivity index (χ0n) is 11.4. The van der Waals surface area contributed by atoms with Crippen LogP contribution >= 0.6 is 0 Å². The van der Waals surface area contributed by atoms with Gasteiger partial charge in [-0.3, -0.25) is 9.48 Å². The van der Waals surface area contributed by atoms with Crippen LogP contribution in [0.2, 0.25) is 0 Å². The summed E-state index contributed by atoms with van der Waals surface area (Å²) >= 11 is 0. The van der Waals surface area contributed by atoms with Crippen molar-refractivity contribution in [1.29, 1.82) is 0 Å². The van der Waals surface area contributed by atoms with Gasteiger partial charge in [-0.25, -0.2) is 0 Å². The summed E-state index contributed by atoms with van der Waals surface area (Å²) < 4.78 is 7.53. The van der Waals surface area contributed by atoms with Crippen molar-refractivity contribution in [3.05, 3.63) is 36.2 Å². The van der Waals surface area contributed by atoms with Crippen LogP contribution in [0.25, 0.3) is 0 Å². The van der Waals surface area contributed by atoms with Gasteiger partial charge in [0.05, 0.1) is 12.4 Å². The minimum atomic E-state index is -0.290. The van der Waals surface area contributed by atoms with Gasteiger partial charge < -0.3 is 15.4 Å². The number of anilines is 1. The molecule has 0 fully saturated rings. The van der Waals surface area contributed by atoms with E-state index in [1.165, 1.54) is 0 Å². The largest absolute Gasteiger partial charge is 0.454 e. The Bertz CT molecular complexity index is 650. The maximum atomic E-state index is 11.7. The van der Waals surface area contributed by atoms with Crippen LogP contribution in [0.15, 0.2) is 30.6 Å². The standard InChI is InChI=1S/C14H16N4O2/c1-3-18-8-10(7-16-18)20-9-4-5-11-12(6-9)17-14(19)13(11)15-2/h4-8,13,15H,3H2,1-2H3,(H,17,19). The summed E-state index contributed by atoms with van der Waals surface area (Å²) in [7, 11) is 1.77. The Kier molecular flexibility index (Phi) is 3.15. The molecule has 1 atom stereocenters. The molecule has 0 radical (unpaired) electrons. The molecule has 3 rings (SSSR count). The number of carbonyl (C=O) groups excluding carboxylic acids is 1. The van der Waals surface area contributed by atoms with E-state index in [-0.39, 0.29) is 11.9 Å². The quantitative estimate of drug-likeness (QED) is 0.892. The molecule has 1 aliphatic rings. The third-order valence-corrected chi connectivity index (χ3v) is 3.31. The molecule has 0 bridgehead atoms. The smallest absolute Gasteiger partial charge is 0.246 e. The van der Waals surface area contributed by atoms with Gasteiger partial charge in [0.2, 0.25) is 5.91 Å². The molecule has 20 heavy (non-hydrogen) atoms. The molecule has 1 amide bonds. The van der Waals surface area contributed by atoms with Gasteiger partial charge in [-0.1, -0.05) is 6.07 Å². The normalized spacial score (nSPS) is 16.9. The van der Waals surface area contributed by atoms with Crippen molar-refractivity contribution < 1.29 is 9.53 Å². The number of fused-ring (bicyclic) bond motifs is 1. The molecule has 2 heterocycles. The van der Waals surface area contributed by atoms with Gasteiger partial charge in [0.1, 0.15) is 11.8 Å². The Morgan fingerprint density at radius 1 is 1.45 bits per heavy atom. The van der Waals surface area contributed by atoms with Crippen LogP contribution in [0, 0.1) is 0 Å². The fourth-order valence-electron chi connectivity index (χ4n) is 2.30. The van der Waals surface area contributed by atoms with E-state index in [0.29, 0.717) is 11.5 Å². The highest BCUT2D eigenvalue weighted by molar-refractivity contribution is 6.02. The number of hydrogen-bond acceptors (Lipinski definition) is 4. The van der Waals surface area contributed by atoms with Crippen LogP contribution in [0.4, 0.5) is 5.69 Å². The monoisotopic (exact) mass is 272 g/mol. The van der Waals surface area contributed by atoms with E-state index >= 15 is 0 Å². The number of benzene rings is 1. The molecular weight excluding hydrogens is 256 g/mol. The molecule has 6 nitrogen and oxygen atoms in total. The van der Waals surface area contributed by atoms with Crippen LogP contribution < -0.4 is 15.4 Å². The van der Waals surface area contributed by atoms with Gasteiger partial charge in [0.15, 0.2) is 5.75 Å². The summed E-state index contributed by atoms with van der Waals surface area (Å²) in [5.74, 6) is 1.32. The fraction of sp³-hybridized carbons (Fsp3) is 0.286. The van der Waals surface area contributed by atoms with Gasteiger partial charge in [-0.05, 0) is 20.0 Å². The van der Waals surface area contributed by atoms with Gasteiger partial charge in [0, 0.05) is 23.9 Å². The predicted molar refractivity (Wildman–Crippen MR) is 74.8 cm³/mol. The Hall–Kier alpha value is -2.34. The molecule has 2 N–H and O–H groups in total. The molecule has 6 heteroatoms. The first-order valence-corrected chi connectivity index (χ1v) is 6.53. The van der Waals surface area contributed by atoms with E-state index < -0.39 is 0 Å². The number of hydrogen-bond donors (Lipinski definition) is 2. The van der Waals surface area contributed by atoms with E-state index in [9.17, 15) is 4.79 Å². The van der Waals surface area contributed by atoms with Crippen molar-refractivity contribution in [3.63, 3.8) is 0 Å². The average Bonchev–Trinajstić information content (AvgIpc) is 3.01. The number of nitrogens with zero attached hydrogens (tertiary/aromatic N) is 2. The topological polar surface area (TPSA) is 68.2 Å². The second kappa shape index (κ2) is 4.97. The molecule has 0 spiro atoms. The summed E-state index contributed by atoms with van der Waals surface area (Å²) in [5, 5.41) is 9.98. The zero-order chi connectivity index (χ0) is 14.1. The molecule has 0 saturated heterocycles. The van der Waals surface area contributed by atoms with Crippen molar-refractivity contribution in [2.24, 2.45) is 0 Å². The summed E-state index contributed by atoms with van der Waals surface area (Å²) in [5.41, 5.74) is 1.73. The Morgan fingerprint density at radius 3 is 3.00 bits per heavy atom. The third-order valence-electron chi connectivity index (χ3n) is 3.31. The Balaban J connectivity index is 1.83.